The molecule has 1 aliphatic carbocycles. The number of benzene rings is 2. The topological polar surface area (TPSA) is 87.9 Å². The third kappa shape index (κ3) is 7.20. The second-order valence-corrected chi connectivity index (χ2v) is 10.3. The van der Waals surface area contributed by atoms with Crippen molar-refractivity contribution >= 4 is 23.0 Å². The molecule has 1 saturated heterocycles. The number of nitrogens with zero attached hydrogens (tertiary/aromatic N) is 3. The summed E-state index contributed by atoms with van der Waals surface area (Å²) in [6.07, 6.45) is -2.23. The fraction of sp³-hybridized carbons (Fsp3) is 0.536. The lowest BCUT2D eigenvalue weighted by molar-refractivity contribution is -0.388. The van der Waals surface area contributed by atoms with Crippen LogP contribution in [0.2, 0.25) is 0 Å². The summed E-state index contributed by atoms with van der Waals surface area (Å²) in [4.78, 5) is 27.3. The Morgan fingerprint density at radius 3 is 2.28 bits per heavy atom. The molecule has 1 atom stereocenters. The van der Waals surface area contributed by atoms with Gasteiger partial charge in [-0.05, 0) is 63.3 Å². The number of amides is 1. The molecule has 1 aliphatic heterocycles. The highest BCUT2D eigenvalue weighted by Gasteiger charge is 2.39. The van der Waals surface area contributed by atoms with Crippen molar-refractivity contribution in [1.82, 2.24) is 4.90 Å². The van der Waals surface area contributed by atoms with E-state index in [-0.39, 0.29) is 23.7 Å². The van der Waals surface area contributed by atoms with Crippen LogP contribution in [-0.2, 0) is 15.7 Å². The van der Waals surface area contributed by atoms with Crippen molar-refractivity contribution in [2.24, 2.45) is 0 Å². The van der Waals surface area contributed by atoms with Gasteiger partial charge in [-0.25, -0.2) is 0 Å². The third-order valence-electron chi connectivity index (χ3n) is 7.54. The number of nitro benzene ring substituents is 1. The summed E-state index contributed by atoms with van der Waals surface area (Å²) in [5, 5.41) is 14.1. The number of ether oxygens (including phenoxy) is 1. The van der Waals surface area contributed by atoms with Crippen LogP contribution in [0.4, 0.5) is 30.2 Å². The lowest BCUT2D eigenvalue weighted by Gasteiger charge is -2.38. The number of hydrogen-bond donors (Lipinski definition) is 1. The van der Waals surface area contributed by atoms with Gasteiger partial charge in [-0.15, -0.1) is 0 Å². The Hall–Kier alpha value is -3.34. The lowest BCUT2D eigenvalue weighted by atomic mass is 9.92. The van der Waals surface area contributed by atoms with E-state index >= 15 is 0 Å². The number of halogens is 3. The van der Waals surface area contributed by atoms with Crippen molar-refractivity contribution in [2.45, 2.75) is 70.4 Å². The van der Waals surface area contributed by atoms with E-state index in [1.54, 1.807) is 0 Å². The van der Waals surface area contributed by atoms with E-state index in [1.165, 1.54) is 11.6 Å². The second kappa shape index (κ2) is 12.2. The maximum absolute atomic E-state index is 13.3. The third-order valence-corrected chi connectivity index (χ3v) is 7.54. The van der Waals surface area contributed by atoms with Crippen LogP contribution in [0.5, 0.6) is 0 Å². The first-order chi connectivity index (χ1) is 18.5. The Morgan fingerprint density at radius 1 is 1.08 bits per heavy atom. The van der Waals surface area contributed by atoms with Crippen LogP contribution in [-0.4, -0.2) is 60.2 Å². The number of carbonyl (C=O) groups is 1. The summed E-state index contributed by atoms with van der Waals surface area (Å²) in [7, 11) is 0. The van der Waals surface area contributed by atoms with E-state index in [0.717, 1.165) is 30.9 Å². The quantitative estimate of drug-likeness (QED) is 0.332. The molecule has 0 spiro atoms. The van der Waals surface area contributed by atoms with Gasteiger partial charge in [-0.1, -0.05) is 24.6 Å². The van der Waals surface area contributed by atoms with Crippen molar-refractivity contribution in [1.29, 1.82) is 0 Å². The Labute approximate surface area is 226 Å². The largest absolute Gasteiger partial charge is 0.423 e. The molecule has 1 heterocycles. The summed E-state index contributed by atoms with van der Waals surface area (Å²) in [6.45, 7) is 6.80. The average Bonchev–Trinajstić information content (AvgIpc) is 2.92. The molecule has 1 amide bonds. The van der Waals surface area contributed by atoms with Gasteiger partial charge in [0.05, 0.1) is 11.0 Å². The van der Waals surface area contributed by atoms with Crippen LogP contribution in [0.25, 0.3) is 0 Å². The maximum atomic E-state index is 13.3. The number of alkyl halides is 3. The predicted octanol–water partition coefficient (Wildman–Crippen LogP) is 5.79. The first-order valence-electron chi connectivity index (χ1n) is 13.4. The highest BCUT2D eigenvalue weighted by Crippen LogP contribution is 2.38. The van der Waals surface area contributed by atoms with Gasteiger partial charge >= 0.3 is 6.18 Å². The van der Waals surface area contributed by atoms with Crippen LogP contribution in [0, 0.1) is 17.0 Å². The van der Waals surface area contributed by atoms with Gasteiger partial charge in [-0.3, -0.25) is 14.9 Å². The molecule has 2 fully saturated rings. The minimum absolute atomic E-state index is 0.00636. The maximum Gasteiger partial charge on any atom is 0.423 e. The molecule has 0 radical (unpaired) electrons. The molecule has 39 heavy (non-hydrogen) atoms. The van der Waals surface area contributed by atoms with E-state index in [2.05, 4.69) is 41.4 Å². The summed E-state index contributed by atoms with van der Waals surface area (Å²) < 4.78 is 46.1. The van der Waals surface area contributed by atoms with E-state index < -0.39 is 28.5 Å². The highest BCUT2D eigenvalue weighted by molar-refractivity contribution is 5.81. The number of rotatable bonds is 8. The van der Waals surface area contributed by atoms with E-state index in [1.807, 2.05) is 11.8 Å². The molecular formula is C28H35F3N4O4. The lowest BCUT2D eigenvalue weighted by Crippen LogP contribution is -2.52. The molecule has 1 N–H and O–H groups in total. The van der Waals surface area contributed by atoms with E-state index in [0.29, 0.717) is 45.2 Å². The molecule has 2 aliphatic rings. The summed E-state index contributed by atoms with van der Waals surface area (Å²) in [5.41, 5.74) is 0.339. The van der Waals surface area contributed by atoms with Crippen molar-refractivity contribution in [3.05, 3.63) is 63.7 Å². The zero-order valence-corrected chi connectivity index (χ0v) is 22.2. The molecule has 212 valence electrons. The fourth-order valence-corrected chi connectivity index (χ4v) is 5.30. The molecule has 2 aromatic rings. The number of hydrogen-bond acceptors (Lipinski definition) is 6. The Morgan fingerprint density at radius 2 is 1.72 bits per heavy atom. The monoisotopic (exact) mass is 548 g/mol. The fourth-order valence-electron chi connectivity index (χ4n) is 5.30. The van der Waals surface area contributed by atoms with Crippen molar-refractivity contribution in [3.8, 4) is 0 Å². The van der Waals surface area contributed by atoms with Gasteiger partial charge in [0.1, 0.15) is 11.7 Å². The SMILES string of the molecule is CCC(OC1CCC(Nc2ccc([N+](=O)[O-])c(C(F)(F)F)c2)CC1)C(=O)N1CCN(c2ccc(C)cc2)CC1. The van der Waals surface area contributed by atoms with Crippen molar-refractivity contribution in [2.75, 3.05) is 36.4 Å². The van der Waals surface area contributed by atoms with Crippen molar-refractivity contribution < 1.29 is 27.6 Å². The van der Waals surface area contributed by atoms with Crippen molar-refractivity contribution in [3.63, 3.8) is 0 Å². The van der Waals surface area contributed by atoms with E-state index in [4.69, 9.17) is 4.74 Å². The summed E-state index contributed by atoms with van der Waals surface area (Å²) in [5.74, 6) is 0.00636. The molecular weight excluding hydrogens is 513 g/mol. The smallest absolute Gasteiger partial charge is 0.382 e. The molecule has 4 rings (SSSR count). The number of carbonyl (C=O) groups excluding carboxylic acids is 1. The Bertz CT molecular complexity index is 1140. The van der Waals surface area contributed by atoms with Crippen LogP contribution in [0.1, 0.15) is 50.2 Å². The molecule has 2 aromatic carbocycles. The standard InChI is InChI=1S/C28H35F3N4O4/c1-3-26(27(36)34-16-14-33(15-17-34)22-9-4-19(2)5-10-22)39-23-11-6-20(7-12-23)32-21-8-13-25(35(37)38)24(18-21)28(29,30)31/h4-5,8-10,13,18,20,23,26,32H,3,6-7,11-12,14-17H2,1-2H3. The first-order valence-corrected chi connectivity index (χ1v) is 13.4. The average molecular weight is 549 g/mol. The molecule has 8 nitrogen and oxygen atoms in total. The van der Waals surface area contributed by atoms with Gasteiger partial charge in [0.2, 0.25) is 0 Å². The number of nitro groups is 1. The van der Waals surface area contributed by atoms with Gasteiger partial charge in [0.15, 0.2) is 0 Å². The van der Waals surface area contributed by atoms with Crippen LogP contribution >= 0.6 is 0 Å². The van der Waals surface area contributed by atoms with Crippen LogP contribution < -0.4 is 10.2 Å². The number of nitrogens with one attached hydrogen (secondary N) is 1. The number of aryl methyl sites for hydroxylation is 1. The zero-order chi connectivity index (χ0) is 28.2. The van der Waals surface area contributed by atoms with Gasteiger partial charge in [-0.2, -0.15) is 13.2 Å². The Balaban J connectivity index is 1.26. The minimum atomic E-state index is -4.82. The summed E-state index contributed by atoms with van der Waals surface area (Å²) >= 11 is 0. The molecule has 11 heteroatoms. The minimum Gasteiger partial charge on any atom is -0.382 e. The normalized spacial score (nSPS) is 20.9. The first kappa shape index (κ1) is 28.7. The molecule has 1 unspecified atom stereocenters. The van der Waals surface area contributed by atoms with Gasteiger partial charge in [0, 0.05) is 49.7 Å². The molecule has 0 aromatic heterocycles. The van der Waals surface area contributed by atoms with Gasteiger partial charge in [0.25, 0.3) is 11.6 Å². The van der Waals surface area contributed by atoms with E-state index in [9.17, 15) is 28.1 Å². The van der Waals surface area contributed by atoms with Crippen LogP contribution in [0.3, 0.4) is 0 Å². The predicted molar refractivity (Wildman–Crippen MR) is 143 cm³/mol. The second-order valence-electron chi connectivity index (χ2n) is 10.3. The highest BCUT2D eigenvalue weighted by atomic mass is 19.4. The molecule has 1 saturated carbocycles. The van der Waals surface area contributed by atoms with Gasteiger partial charge < -0.3 is 19.9 Å². The number of anilines is 2. The molecule has 0 bridgehead atoms. The zero-order valence-electron chi connectivity index (χ0n) is 22.2. The Kier molecular flexibility index (Phi) is 8.99. The summed E-state index contributed by atoms with van der Waals surface area (Å²) in [6, 6.07) is 11.3. The number of piperazine rings is 1. The van der Waals surface area contributed by atoms with Crippen LogP contribution in [0.15, 0.2) is 42.5 Å².